The highest BCUT2D eigenvalue weighted by atomic mass is 35.5. The minimum atomic E-state index is -1.74. The molecule has 1 amide bonds. The van der Waals surface area contributed by atoms with Gasteiger partial charge in [0.25, 0.3) is 0 Å². The molecule has 13 heteroatoms. The largest absolute Gasteiger partial charge is 0.429 e. The van der Waals surface area contributed by atoms with E-state index in [9.17, 15) is 10.1 Å². The van der Waals surface area contributed by atoms with Crippen LogP contribution in [-0.2, 0) is 10.2 Å². The van der Waals surface area contributed by atoms with E-state index in [0.29, 0.717) is 23.5 Å². The van der Waals surface area contributed by atoms with Gasteiger partial charge in [0, 0.05) is 27.9 Å². The smallest absolute Gasteiger partial charge is 0.413 e. The van der Waals surface area contributed by atoms with Crippen LogP contribution in [0.15, 0.2) is 60.7 Å². The van der Waals surface area contributed by atoms with E-state index in [1.807, 2.05) is 20.8 Å². The predicted molar refractivity (Wildman–Crippen MR) is 157 cm³/mol. The Morgan fingerprint density at radius 2 is 1.91 bits per heavy atom. The average Bonchev–Trinajstić information content (AvgIpc) is 3.57. The van der Waals surface area contributed by atoms with Gasteiger partial charge < -0.3 is 4.74 Å². The zero-order valence-corrected chi connectivity index (χ0v) is 24.8. The number of ether oxygens (including phenoxy) is 1. The van der Waals surface area contributed by atoms with Crippen molar-refractivity contribution in [1.29, 1.82) is 5.26 Å². The molecule has 0 bridgehead atoms. The zero-order chi connectivity index (χ0) is 30.9. The fraction of sp³-hybridized carbons (Fsp3) is 0.300. The molecule has 43 heavy (non-hydrogen) atoms. The minimum absolute atomic E-state index is 0.00940. The highest BCUT2D eigenvalue weighted by molar-refractivity contribution is 6.31. The quantitative estimate of drug-likeness (QED) is 0.211. The highest BCUT2D eigenvalue weighted by Gasteiger charge is 2.61. The molecule has 0 spiro atoms. The number of nitriles is 1. The summed E-state index contributed by atoms with van der Waals surface area (Å²) in [5.74, 6) is -2.44. The summed E-state index contributed by atoms with van der Waals surface area (Å²) in [5.41, 5.74) is -1.19. The number of hydrogen-bond acceptors (Lipinski definition) is 7. The van der Waals surface area contributed by atoms with E-state index in [1.54, 1.807) is 24.3 Å². The van der Waals surface area contributed by atoms with Gasteiger partial charge in [-0.15, -0.1) is 10.2 Å². The first kappa shape index (κ1) is 30.4. The fourth-order valence-corrected chi connectivity index (χ4v) is 6.00. The molecule has 5 rings (SSSR count). The van der Waals surface area contributed by atoms with Crippen LogP contribution in [0.5, 0.6) is 0 Å². The van der Waals surface area contributed by atoms with Gasteiger partial charge in [0.1, 0.15) is 17.0 Å². The predicted octanol–water partition coefficient (Wildman–Crippen LogP) is 6.98. The van der Waals surface area contributed by atoms with Crippen molar-refractivity contribution >= 4 is 35.0 Å². The van der Waals surface area contributed by atoms with Gasteiger partial charge >= 0.3 is 6.09 Å². The van der Waals surface area contributed by atoms with Crippen molar-refractivity contribution < 1.29 is 18.3 Å². The summed E-state index contributed by atoms with van der Waals surface area (Å²) in [6, 6.07) is 16.5. The van der Waals surface area contributed by atoms with Gasteiger partial charge in [-0.25, -0.2) is 13.6 Å². The van der Waals surface area contributed by atoms with E-state index in [4.69, 9.17) is 27.9 Å². The topological polar surface area (TPSA) is 129 Å². The lowest BCUT2D eigenvalue weighted by atomic mass is 9.63. The molecule has 0 radical (unpaired) electrons. The first-order chi connectivity index (χ1) is 20.4. The molecular weight excluding hydrogens is 599 g/mol. The number of nitrogens with one attached hydrogen (secondary N) is 3. The number of hydrogen-bond donors (Lipinski definition) is 3. The molecule has 4 aromatic rings. The van der Waals surface area contributed by atoms with Gasteiger partial charge in [0.15, 0.2) is 6.23 Å². The van der Waals surface area contributed by atoms with Crippen molar-refractivity contribution in [3.05, 3.63) is 93.5 Å². The molecule has 0 saturated carbocycles. The summed E-state index contributed by atoms with van der Waals surface area (Å²) in [6.45, 7) is 5.88. The number of carbonyl (C=O) groups is 1. The van der Waals surface area contributed by atoms with Crippen LogP contribution >= 0.6 is 23.2 Å². The number of anilines is 1. The minimum Gasteiger partial charge on any atom is -0.429 e. The second-order valence-corrected chi connectivity index (χ2v) is 12.3. The normalized spacial score (nSPS) is 21.8. The summed E-state index contributed by atoms with van der Waals surface area (Å²) in [6.07, 6.45) is -1.82. The van der Waals surface area contributed by atoms with E-state index >= 15 is 8.78 Å². The zero-order valence-electron chi connectivity index (χ0n) is 23.3. The molecule has 1 aromatic heterocycles. The van der Waals surface area contributed by atoms with Crippen molar-refractivity contribution in [3.8, 4) is 17.5 Å². The number of tetrazole rings is 1. The number of aromatic amines is 1. The van der Waals surface area contributed by atoms with Crippen LogP contribution in [-0.4, -0.2) is 39.0 Å². The summed E-state index contributed by atoms with van der Waals surface area (Å²) in [5, 5.41) is 30.5. The summed E-state index contributed by atoms with van der Waals surface area (Å²) < 4.78 is 37.4. The molecule has 1 saturated heterocycles. The second-order valence-electron chi connectivity index (χ2n) is 11.5. The Bertz CT molecular complexity index is 1690. The van der Waals surface area contributed by atoms with Crippen molar-refractivity contribution in [3.63, 3.8) is 0 Å². The second kappa shape index (κ2) is 11.9. The SMILES string of the molecule is CC(C)(C)C[C@@H]1N[C@H](OC(=O)Nc2cccc(-c3nn[nH]n3)c2)[C@H](c2cccc(Cl)c2F)[C@@]1(C#N)c1ccc(Cl)cc1F. The van der Waals surface area contributed by atoms with Crippen molar-refractivity contribution in [2.24, 2.45) is 5.41 Å². The molecule has 1 aliphatic rings. The Kier molecular flexibility index (Phi) is 8.38. The lowest BCUT2D eigenvalue weighted by Crippen LogP contribution is -2.44. The molecule has 1 fully saturated rings. The molecule has 0 unspecified atom stereocenters. The third-order valence-corrected chi connectivity index (χ3v) is 7.88. The Hall–Kier alpha value is -4.11. The number of carbonyl (C=O) groups excluding carboxylic acids is 1. The number of amides is 1. The van der Waals surface area contributed by atoms with E-state index in [-0.39, 0.29) is 26.6 Å². The molecular formula is C30H27Cl2F2N7O2. The first-order valence-corrected chi connectivity index (χ1v) is 14.1. The van der Waals surface area contributed by atoms with Crippen LogP contribution in [0.1, 0.15) is 44.2 Å². The number of nitrogens with zero attached hydrogens (tertiary/aromatic N) is 4. The molecule has 4 atom stereocenters. The van der Waals surface area contributed by atoms with Crippen molar-refractivity contribution in [1.82, 2.24) is 25.9 Å². The van der Waals surface area contributed by atoms with Crippen LogP contribution in [0.2, 0.25) is 10.0 Å². The lowest BCUT2D eigenvalue weighted by molar-refractivity contribution is 0.0851. The number of halogens is 4. The van der Waals surface area contributed by atoms with Gasteiger partial charge in [-0.3, -0.25) is 10.6 Å². The fourth-order valence-electron chi connectivity index (χ4n) is 5.66. The number of benzene rings is 3. The van der Waals surface area contributed by atoms with Gasteiger partial charge in [-0.1, -0.05) is 74.3 Å². The molecule has 0 aliphatic carbocycles. The highest BCUT2D eigenvalue weighted by Crippen LogP contribution is 2.53. The molecule has 2 heterocycles. The van der Waals surface area contributed by atoms with E-state index < -0.39 is 41.3 Å². The molecule has 1 aliphatic heterocycles. The Balaban J connectivity index is 1.59. The van der Waals surface area contributed by atoms with E-state index in [0.717, 1.165) is 6.07 Å². The average molecular weight is 626 g/mol. The van der Waals surface area contributed by atoms with Gasteiger partial charge in [-0.2, -0.15) is 10.5 Å². The molecule has 3 aromatic carbocycles. The first-order valence-electron chi connectivity index (χ1n) is 13.3. The van der Waals surface area contributed by atoms with E-state index in [2.05, 4.69) is 37.3 Å². The number of aromatic nitrogens is 4. The van der Waals surface area contributed by atoms with Crippen molar-refractivity contribution in [2.45, 2.75) is 50.8 Å². The van der Waals surface area contributed by atoms with Crippen molar-refractivity contribution in [2.75, 3.05) is 5.32 Å². The lowest BCUT2D eigenvalue weighted by Gasteiger charge is -2.37. The maximum absolute atomic E-state index is 15.8. The van der Waals surface area contributed by atoms with Gasteiger partial charge in [0.05, 0.1) is 17.0 Å². The van der Waals surface area contributed by atoms with E-state index in [1.165, 1.54) is 30.3 Å². The maximum atomic E-state index is 15.8. The number of rotatable bonds is 6. The standard InChI is InChI=1S/C30H27Cl2F2N7O2/c1-29(2,3)14-23-30(15-35,20-11-10-17(31)13-22(20)33)24(19-8-5-9-21(32)25(19)34)27(37-23)43-28(42)36-18-7-4-6-16(12-18)26-38-40-41-39-26/h4-13,23-24,27,37H,14H2,1-3H3,(H,36,42)(H,38,39,40,41)/t23-,24-,27+,30-/m0/s1. The molecule has 3 N–H and O–H groups in total. The summed E-state index contributed by atoms with van der Waals surface area (Å²) in [4.78, 5) is 13.3. The van der Waals surface area contributed by atoms with Crippen LogP contribution < -0.4 is 10.6 Å². The van der Waals surface area contributed by atoms with Gasteiger partial charge in [-0.05, 0) is 52.9 Å². The Morgan fingerprint density at radius 3 is 2.58 bits per heavy atom. The Morgan fingerprint density at radius 1 is 1.14 bits per heavy atom. The third kappa shape index (κ3) is 6.04. The third-order valence-electron chi connectivity index (χ3n) is 7.35. The van der Waals surface area contributed by atoms with Crippen LogP contribution in [0.3, 0.4) is 0 Å². The Labute approximate surface area is 256 Å². The van der Waals surface area contributed by atoms with Crippen LogP contribution in [0.4, 0.5) is 19.3 Å². The summed E-state index contributed by atoms with van der Waals surface area (Å²) >= 11 is 12.2. The summed E-state index contributed by atoms with van der Waals surface area (Å²) in [7, 11) is 0. The maximum Gasteiger partial charge on any atom is 0.413 e. The molecule has 222 valence electrons. The van der Waals surface area contributed by atoms with Crippen LogP contribution in [0, 0.1) is 28.4 Å². The number of H-pyrrole nitrogens is 1. The van der Waals surface area contributed by atoms with Crippen LogP contribution in [0.25, 0.3) is 11.4 Å². The van der Waals surface area contributed by atoms with Gasteiger partial charge in [0.2, 0.25) is 5.82 Å². The molecule has 9 nitrogen and oxygen atoms in total. The monoisotopic (exact) mass is 625 g/mol.